The zero-order chi connectivity index (χ0) is 12.3. The van der Waals surface area contributed by atoms with Crippen LogP contribution in [0.1, 0.15) is 38.2 Å². The van der Waals surface area contributed by atoms with Crippen LogP contribution in [0.4, 0.5) is 0 Å². The first-order valence-corrected chi connectivity index (χ1v) is 6.71. The molecule has 0 aliphatic carbocycles. The van der Waals surface area contributed by atoms with E-state index in [4.69, 9.17) is 4.74 Å². The van der Waals surface area contributed by atoms with Crippen LogP contribution < -0.4 is 10.1 Å². The number of hydrogen-bond acceptors (Lipinski definition) is 2. The second-order valence-corrected chi connectivity index (χ2v) is 4.37. The van der Waals surface area contributed by atoms with Gasteiger partial charge in [-0.25, -0.2) is 0 Å². The molecule has 0 saturated heterocycles. The first-order chi connectivity index (χ1) is 8.38. The Balaban J connectivity index is 2.13. The molecule has 1 aromatic rings. The van der Waals surface area contributed by atoms with E-state index in [9.17, 15) is 0 Å². The summed E-state index contributed by atoms with van der Waals surface area (Å²) in [6.45, 7) is 4.41. The molecule has 0 radical (unpaired) electrons. The zero-order valence-corrected chi connectivity index (χ0v) is 11.2. The number of nitrogens with one attached hydrogen (secondary N) is 1. The molecule has 96 valence electrons. The van der Waals surface area contributed by atoms with Crippen LogP contribution in [0.25, 0.3) is 0 Å². The van der Waals surface area contributed by atoms with Crippen molar-refractivity contribution in [2.75, 3.05) is 20.2 Å². The predicted octanol–water partition coefficient (Wildman–Crippen LogP) is 3.41. The molecule has 0 aromatic heterocycles. The summed E-state index contributed by atoms with van der Waals surface area (Å²) in [4.78, 5) is 0. The van der Waals surface area contributed by atoms with E-state index in [0.717, 1.165) is 25.3 Å². The summed E-state index contributed by atoms with van der Waals surface area (Å²) in [7, 11) is 1.73. The smallest absolute Gasteiger partial charge is 0.122 e. The summed E-state index contributed by atoms with van der Waals surface area (Å²) in [5.41, 5.74) is 1.29. The molecule has 2 nitrogen and oxygen atoms in total. The van der Waals surface area contributed by atoms with Crippen LogP contribution >= 0.6 is 0 Å². The maximum Gasteiger partial charge on any atom is 0.122 e. The van der Waals surface area contributed by atoms with Crippen molar-refractivity contribution >= 4 is 0 Å². The average Bonchev–Trinajstić information content (AvgIpc) is 2.38. The Morgan fingerprint density at radius 2 is 1.88 bits per heavy atom. The van der Waals surface area contributed by atoms with Crippen molar-refractivity contribution in [3.05, 3.63) is 29.8 Å². The van der Waals surface area contributed by atoms with E-state index in [1.165, 1.54) is 31.2 Å². The molecule has 0 heterocycles. The molecule has 0 aliphatic rings. The molecule has 0 fully saturated rings. The third-order valence-corrected chi connectivity index (χ3v) is 2.97. The second kappa shape index (κ2) is 9.06. The second-order valence-electron chi connectivity index (χ2n) is 4.37. The topological polar surface area (TPSA) is 21.3 Å². The molecule has 2 heteroatoms. The summed E-state index contributed by atoms with van der Waals surface area (Å²) >= 11 is 0. The molecule has 1 rings (SSSR count). The van der Waals surface area contributed by atoms with Gasteiger partial charge in [-0.1, -0.05) is 44.4 Å². The molecular weight excluding hydrogens is 210 g/mol. The van der Waals surface area contributed by atoms with E-state index in [1.807, 2.05) is 12.1 Å². The number of para-hydroxylation sites is 1. The van der Waals surface area contributed by atoms with E-state index < -0.39 is 0 Å². The maximum absolute atomic E-state index is 5.33. The summed E-state index contributed by atoms with van der Waals surface area (Å²) in [5.74, 6) is 1.00. The van der Waals surface area contributed by atoms with Gasteiger partial charge >= 0.3 is 0 Å². The molecule has 0 bridgehead atoms. The number of methoxy groups -OCH3 is 1. The van der Waals surface area contributed by atoms with Gasteiger partial charge < -0.3 is 10.1 Å². The fourth-order valence-corrected chi connectivity index (χ4v) is 1.93. The van der Waals surface area contributed by atoms with E-state index >= 15 is 0 Å². The van der Waals surface area contributed by atoms with Gasteiger partial charge in [0.25, 0.3) is 0 Å². The lowest BCUT2D eigenvalue weighted by molar-refractivity contribution is 0.409. The highest BCUT2D eigenvalue weighted by atomic mass is 16.5. The van der Waals surface area contributed by atoms with Gasteiger partial charge in [0.2, 0.25) is 0 Å². The molecule has 0 spiro atoms. The van der Waals surface area contributed by atoms with Gasteiger partial charge in [0.05, 0.1) is 7.11 Å². The normalized spacial score (nSPS) is 10.5. The Hall–Kier alpha value is -1.02. The van der Waals surface area contributed by atoms with Crippen molar-refractivity contribution in [2.45, 2.75) is 39.0 Å². The van der Waals surface area contributed by atoms with Crippen molar-refractivity contribution in [3.63, 3.8) is 0 Å². The van der Waals surface area contributed by atoms with Gasteiger partial charge in [-0.3, -0.25) is 0 Å². The van der Waals surface area contributed by atoms with Gasteiger partial charge in [0, 0.05) is 0 Å². The molecule has 0 amide bonds. The van der Waals surface area contributed by atoms with Crippen LogP contribution in [0.15, 0.2) is 24.3 Å². The molecule has 0 unspecified atom stereocenters. The Labute approximate surface area is 105 Å². The molecule has 17 heavy (non-hydrogen) atoms. The van der Waals surface area contributed by atoms with Gasteiger partial charge in [0.1, 0.15) is 5.75 Å². The third-order valence-electron chi connectivity index (χ3n) is 2.97. The largest absolute Gasteiger partial charge is 0.496 e. The van der Waals surface area contributed by atoms with Gasteiger partial charge in [0.15, 0.2) is 0 Å². The first-order valence-electron chi connectivity index (χ1n) is 6.71. The van der Waals surface area contributed by atoms with Gasteiger partial charge in [-0.15, -0.1) is 0 Å². The minimum absolute atomic E-state index is 1.00. The van der Waals surface area contributed by atoms with E-state index in [2.05, 4.69) is 24.4 Å². The summed E-state index contributed by atoms with van der Waals surface area (Å²) in [5, 5.41) is 3.49. The number of benzene rings is 1. The maximum atomic E-state index is 5.33. The van der Waals surface area contributed by atoms with E-state index in [1.54, 1.807) is 7.11 Å². The third kappa shape index (κ3) is 5.73. The number of ether oxygens (including phenoxy) is 1. The highest BCUT2D eigenvalue weighted by Gasteiger charge is 2.00. The number of rotatable bonds is 9. The lowest BCUT2D eigenvalue weighted by atomic mass is 10.1. The van der Waals surface area contributed by atoms with Crippen LogP contribution in [0.5, 0.6) is 5.75 Å². The van der Waals surface area contributed by atoms with Crippen LogP contribution in [-0.2, 0) is 6.42 Å². The molecule has 0 saturated carbocycles. The van der Waals surface area contributed by atoms with E-state index in [-0.39, 0.29) is 0 Å². The Kier molecular flexibility index (Phi) is 7.48. The van der Waals surface area contributed by atoms with Crippen LogP contribution in [0, 0.1) is 0 Å². The SMILES string of the molecule is CCCCCCNCCc1ccccc1OC. The van der Waals surface area contributed by atoms with Crippen LogP contribution in [0.3, 0.4) is 0 Å². The lowest BCUT2D eigenvalue weighted by Crippen LogP contribution is -2.18. The molecular formula is C15H25NO. The fourth-order valence-electron chi connectivity index (χ4n) is 1.93. The predicted molar refractivity (Wildman–Crippen MR) is 73.7 cm³/mol. The molecule has 0 aliphatic heterocycles. The molecule has 1 aromatic carbocycles. The van der Waals surface area contributed by atoms with Crippen LogP contribution in [-0.4, -0.2) is 20.2 Å². The van der Waals surface area contributed by atoms with Crippen molar-refractivity contribution in [1.82, 2.24) is 5.32 Å². The summed E-state index contributed by atoms with van der Waals surface area (Å²) in [6.07, 6.45) is 6.34. The minimum atomic E-state index is 1.00. The lowest BCUT2D eigenvalue weighted by Gasteiger charge is -2.08. The molecule has 1 N–H and O–H groups in total. The van der Waals surface area contributed by atoms with Crippen LogP contribution in [0.2, 0.25) is 0 Å². The van der Waals surface area contributed by atoms with Gasteiger partial charge in [-0.2, -0.15) is 0 Å². The quantitative estimate of drug-likeness (QED) is 0.662. The summed E-state index contributed by atoms with van der Waals surface area (Å²) < 4.78 is 5.33. The Bertz CT molecular complexity index is 299. The van der Waals surface area contributed by atoms with Crippen molar-refractivity contribution in [1.29, 1.82) is 0 Å². The van der Waals surface area contributed by atoms with Crippen molar-refractivity contribution in [2.24, 2.45) is 0 Å². The van der Waals surface area contributed by atoms with Crippen molar-refractivity contribution in [3.8, 4) is 5.75 Å². The minimum Gasteiger partial charge on any atom is -0.496 e. The highest BCUT2D eigenvalue weighted by molar-refractivity contribution is 5.33. The van der Waals surface area contributed by atoms with E-state index in [0.29, 0.717) is 0 Å². The number of hydrogen-bond donors (Lipinski definition) is 1. The monoisotopic (exact) mass is 235 g/mol. The van der Waals surface area contributed by atoms with Crippen molar-refractivity contribution < 1.29 is 4.74 Å². The average molecular weight is 235 g/mol. The Morgan fingerprint density at radius 3 is 2.65 bits per heavy atom. The standard InChI is InChI=1S/C15H25NO/c1-3-4-5-8-12-16-13-11-14-9-6-7-10-15(14)17-2/h6-7,9-10,16H,3-5,8,11-13H2,1-2H3. The first kappa shape index (κ1) is 14.0. The zero-order valence-electron chi connectivity index (χ0n) is 11.2. The fraction of sp³-hybridized carbons (Fsp3) is 0.600. The highest BCUT2D eigenvalue weighted by Crippen LogP contribution is 2.17. The summed E-state index contributed by atoms with van der Waals surface area (Å²) in [6, 6.07) is 8.24. The van der Waals surface area contributed by atoms with Gasteiger partial charge in [-0.05, 0) is 37.6 Å². The number of unbranched alkanes of at least 4 members (excludes halogenated alkanes) is 3. The Morgan fingerprint density at radius 1 is 1.06 bits per heavy atom. The molecule has 0 atom stereocenters.